The Kier molecular flexibility index (Phi) is 7.78. The van der Waals surface area contributed by atoms with Gasteiger partial charge in [0.15, 0.2) is 9.34 Å². The number of hydrogen-bond acceptors (Lipinski definition) is 11. The van der Waals surface area contributed by atoms with Gasteiger partial charge in [0.25, 0.3) is 10.0 Å². The number of benzene rings is 1. The van der Waals surface area contributed by atoms with E-state index in [-0.39, 0.29) is 21.3 Å². The number of carbonyl (C=O) groups excluding carboxylic acids is 2. The lowest BCUT2D eigenvalue weighted by atomic mass is 10.1. The second kappa shape index (κ2) is 10.8. The SMILES string of the molecule is COC(=O)c1cccc2c(N[C@@H](C)CN3CCN(S(=O)(=O)c4cnc(NC(C)=O)s4)CC3)ncnc12. The van der Waals surface area contributed by atoms with Crippen LogP contribution in [0.4, 0.5) is 10.9 Å². The molecule has 14 heteroatoms. The summed E-state index contributed by atoms with van der Waals surface area (Å²) in [6, 6.07) is 5.26. The molecule has 1 saturated heterocycles. The van der Waals surface area contributed by atoms with Crippen LogP contribution < -0.4 is 10.6 Å². The molecule has 0 bridgehead atoms. The molecular formula is C22H27N7O5S2. The van der Waals surface area contributed by atoms with Crippen molar-refractivity contribution in [2.24, 2.45) is 0 Å². The standard InChI is InChI=1S/C22H27N7O5S2/c1-14(26-20-16-5-4-6-17(21(31)34-3)19(16)24-13-25-20)12-28-7-9-29(10-8-28)36(32,33)18-11-23-22(35-18)27-15(2)30/h4-6,11,13-14H,7-10,12H2,1-3H3,(H,23,27,30)(H,24,25,26)/t14-/m0/s1. The molecule has 1 atom stereocenters. The molecule has 0 unspecified atom stereocenters. The monoisotopic (exact) mass is 533 g/mol. The lowest BCUT2D eigenvalue weighted by molar-refractivity contribution is -0.114. The first kappa shape index (κ1) is 25.9. The van der Waals surface area contributed by atoms with E-state index in [1.807, 2.05) is 13.0 Å². The summed E-state index contributed by atoms with van der Waals surface area (Å²) in [7, 11) is -2.35. The Morgan fingerprint density at radius 1 is 1.17 bits per heavy atom. The molecule has 1 fully saturated rings. The Morgan fingerprint density at radius 3 is 2.61 bits per heavy atom. The number of aromatic nitrogens is 3. The molecule has 0 aliphatic carbocycles. The van der Waals surface area contributed by atoms with Crippen molar-refractivity contribution in [2.75, 3.05) is 50.5 Å². The largest absolute Gasteiger partial charge is 0.465 e. The predicted molar refractivity (Wildman–Crippen MR) is 136 cm³/mol. The fraction of sp³-hybridized carbons (Fsp3) is 0.409. The summed E-state index contributed by atoms with van der Waals surface area (Å²) in [4.78, 5) is 38.0. The van der Waals surface area contributed by atoms with Crippen LogP contribution in [-0.4, -0.2) is 90.3 Å². The molecule has 0 radical (unpaired) electrons. The number of nitrogens with one attached hydrogen (secondary N) is 2. The van der Waals surface area contributed by atoms with E-state index in [9.17, 15) is 18.0 Å². The van der Waals surface area contributed by atoms with Gasteiger partial charge in [-0.25, -0.2) is 28.2 Å². The number of methoxy groups -OCH3 is 1. The van der Waals surface area contributed by atoms with E-state index in [0.29, 0.717) is 55.0 Å². The third-order valence-electron chi connectivity index (χ3n) is 5.68. The average molecular weight is 534 g/mol. The zero-order valence-electron chi connectivity index (χ0n) is 20.1. The van der Waals surface area contributed by atoms with Gasteiger partial charge in [-0.15, -0.1) is 0 Å². The quantitative estimate of drug-likeness (QED) is 0.410. The van der Waals surface area contributed by atoms with Gasteiger partial charge in [0.1, 0.15) is 12.1 Å². The molecule has 1 aliphatic heterocycles. The first-order valence-corrected chi connectivity index (χ1v) is 13.5. The Morgan fingerprint density at radius 2 is 1.92 bits per heavy atom. The van der Waals surface area contributed by atoms with E-state index in [4.69, 9.17) is 4.74 Å². The van der Waals surface area contributed by atoms with Crippen LogP contribution in [0.15, 0.2) is 34.9 Å². The van der Waals surface area contributed by atoms with Gasteiger partial charge in [0, 0.05) is 51.1 Å². The Hall–Kier alpha value is -3.20. The number of sulfonamides is 1. The maximum absolute atomic E-state index is 13.0. The summed E-state index contributed by atoms with van der Waals surface area (Å²) in [5, 5.41) is 6.87. The van der Waals surface area contributed by atoms with Gasteiger partial charge in [-0.1, -0.05) is 17.4 Å². The van der Waals surface area contributed by atoms with Crippen molar-refractivity contribution in [1.29, 1.82) is 0 Å². The summed E-state index contributed by atoms with van der Waals surface area (Å²) in [5.41, 5.74) is 0.883. The molecule has 2 N–H and O–H groups in total. The minimum Gasteiger partial charge on any atom is -0.465 e. The highest BCUT2D eigenvalue weighted by molar-refractivity contribution is 7.91. The molecule has 1 aromatic carbocycles. The zero-order chi connectivity index (χ0) is 25.9. The highest BCUT2D eigenvalue weighted by Crippen LogP contribution is 2.27. The zero-order valence-corrected chi connectivity index (χ0v) is 21.7. The van der Waals surface area contributed by atoms with Crippen LogP contribution in [-0.2, 0) is 19.6 Å². The van der Waals surface area contributed by atoms with Crippen LogP contribution in [0, 0.1) is 0 Å². The third kappa shape index (κ3) is 5.61. The molecule has 0 saturated carbocycles. The highest BCUT2D eigenvalue weighted by Gasteiger charge is 2.30. The van der Waals surface area contributed by atoms with Gasteiger partial charge in [-0.3, -0.25) is 9.69 Å². The molecule has 1 aliphatic rings. The van der Waals surface area contributed by atoms with Crippen LogP contribution in [0.5, 0.6) is 0 Å². The van der Waals surface area contributed by atoms with Gasteiger partial charge in [-0.2, -0.15) is 4.31 Å². The second-order valence-corrected chi connectivity index (χ2v) is 11.5. The van der Waals surface area contributed by atoms with Crippen molar-refractivity contribution in [3.63, 3.8) is 0 Å². The Bertz CT molecular complexity index is 1370. The number of rotatable bonds is 8. The number of para-hydroxylation sites is 1. The van der Waals surface area contributed by atoms with Gasteiger partial charge >= 0.3 is 5.97 Å². The van der Waals surface area contributed by atoms with Gasteiger partial charge in [-0.05, 0) is 19.1 Å². The summed E-state index contributed by atoms with van der Waals surface area (Å²) < 4.78 is 32.4. The van der Waals surface area contributed by atoms with Gasteiger partial charge in [0.05, 0.1) is 24.4 Å². The number of piperazine rings is 1. The molecule has 3 heterocycles. The van der Waals surface area contributed by atoms with Crippen LogP contribution in [0.25, 0.3) is 10.9 Å². The molecule has 1 amide bonds. The van der Waals surface area contributed by atoms with E-state index in [2.05, 4.69) is 30.5 Å². The number of amides is 1. The molecule has 0 spiro atoms. The van der Waals surface area contributed by atoms with Gasteiger partial charge < -0.3 is 15.4 Å². The summed E-state index contributed by atoms with van der Waals surface area (Å²) in [6.45, 7) is 5.87. The number of thiazole rings is 1. The predicted octanol–water partition coefficient (Wildman–Crippen LogP) is 1.64. The topological polar surface area (TPSA) is 147 Å². The van der Waals surface area contributed by atoms with E-state index >= 15 is 0 Å². The fourth-order valence-electron chi connectivity index (χ4n) is 4.01. The van der Waals surface area contributed by atoms with Crippen LogP contribution in [0.3, 0.4) is 0 Å². The number of esters is 1. The molecule has 192 valence electrons. The van der Waals surface area contributed by atoms with E-state index in [0.717, 1.165) is 11.3 Å². The maximum atomic E-state index is 13.0. The second-order valence-electron chi connectivity index (χ2n) is 8.33. The maximum Gasteiger partial charge on any atom is 0.340 e. The smallest absolute Gasteiger partial charge is 0.340 e. The van der Waals surface area contributed by atoms with E-state index < -0.39 is 16.0 Å². The number of hydrogen-bond donors (Lipinski definition) is 2. The number of anilines is 2. The van der Waals surface area contributed by atoms with Gasteiger partial charge in [0.2, 0.25) is 5.91 Å². The van der Waals surface area contributed by atoms with Crippen molar-refractivity contribution < 1.29 is 22.7 Å². The molecular weight excluding hydrogens is 506 g/mol. The lowest BCUT2D eigenvalue weighted by Gasteiger charge is -2.35. The molecule has 2 aromatic heterocycles. The van der Waals surface area contributed by atoms with Crippen molar-refractivity contribution >= 4 is 55.1 Å². The summed E-state index contributed by atoms with van der Waals surface area (Å²) in [5.74, 6) is -0.154. The van der Waals surface area contributed by atoms with Crippen molar-refractivity contribution in [1.82, 2.24) is 24.2 Å². The molecule has 3 aromatic rings. The number of carbonyl (C=O) groups is 2. The fourth-order valence-corrected chi connectivity index (χ4v) is 6.67. The van der Waals surface area contributed by atoms with E-state index in [1.165, 1.54) is 30.9 Å². The number of fused-ring (bicyclic) bond motifs is 1. The summed E-state index contributed by atoms with van der Waals surface area (Å²) >= 11 is 0.942. The molecule has 4 rings (SSSR count). The van der Waals surface area contributed by atoms with Crippen molar-refractivity contribution in [3.8, 4) is 0 Å². The van der Waals surface area contributed by atoms with Crippen LogP contribution in [0.1, 0.15) is 24.2 Å². The minimum absolute atomic E-state index is 0.00486. The Balaban J connectivity index is 1.37. The molecule has 36 heavy (non-hydrogen) atoms. The number of nitrogens with zero attached hydrogens (tertiary/aromatic N) is 5. The number of ether oxygens (including phenoxy) is 1. The molecule has 12 nitrogen and oxygen atoms in total. The summed E-state index contributed by atoms with van der Waals surface area (Å²) in [6.07, 6.45) is 2.69. The van der Waals surface area contributed by atoms with Crippen LogP contribution in [0.2, 0.25) is 0 Å². The lowest BCUT2D eigenvalue weighted by Crippen LogP contribution is -2.50. The first-order chi connectivity index (χ1) is 17.2. The van der Waals surface area contributed by atoms with E-state index in [1.54, 1.807) is 12.1 Å². The normalized spacial score (nSPS) is 16.0. The average Bonchev–Trinajstić information content (AvgIpc) is 3.32. The third-order valence-corrected chi connectivity index (χ3v) is 8.93. The Labute approximate surface area is 212 Å². The first-order valence-electron chi connectivity index (χ1n) is 11.2. The van der Waals surface area contributed by atoms with Crippen LogP contribution >= 0.6 is 11.3 Å². The van der Waals surface area contributed by atoms with Crippen molar-refractivity contribution in [2.45, 2.75) is 24.1 Å². The minimum atomic E-state index is -3.67. The van der Waals surface area contributed by atoms with Crippen molar-refractivity contribution in [3.05, 3.63) is 36.3 Å². The highest BCUT2D eigenvalue weighted by atomic mass is 32.2.